The molecule has 0 spiro atoms. The number of aromatic nitrogens is 1. The van der Waals surface area contributed by atoms with Crippen LogP contribution in [0.5, 0.6) is 0 Å². The second-order valence-electron chi connectivity index (χ2n) is 5.51. The fraction of sp³-hybridized carbons (Fsp3) is 0.600. The molecule has 2 heterocycles. The Morgan fingerprint density at radius 1 is 1.55 bits per heavy atom. The third-order valence-corrected chi connectivity index (χ3v) is 3.63. The summed E-state index contributed by atoms with van der Waals surface area (Å²) >= 11 is 0. The van der Waals surface area contributed by atoms with Crippen LogP contribution in [0.1, 0.15) is 30.1 Å². The molecule has 0 saturated carbocycles. The average Bonchev–Trinajstić information content (AvgIpc) is 2.86. The number of nitrogens with zero attached hydrogens (tertiary/aromatic N) is 3. The fourth-order valence-electron chi connectivity index (χ4n) is 2.78. The first-order valence-electron chi connectivity index (χ1n) is 7.27. The Balaban J connectivity index is 2.18. The Labute approximate surface area is 121 Å². The van der Waals surface area contributed by atoms with E-state index in [9.17, 15) is 4.79 Å². The van der Waals surface area contributed by atoms with Crippen molar-refractivity contribution in [1.82, 2.24) is 14.8 Å². The molecule has 0 bridgehead atoms. The molecule has 1 aliphatic heterocycles. The van der Waals surface area contributed by atoms with Gasteiger partial charge in [0.15, 0.2) is 0 Å². The quantitative estimate of drug-likeness (QED) is 0.889. The molecule has 1 aliphatic rings. The van der Waals surface area contributed by atoms with Crippen LogP contribution in [0.25, 0.3) is 0 Å². The molecule has 1 aromatic heterocycles. The Morgan fingerprint density at radius 3 is 3.05 bits per heavy atom. The molecule has 0 radical (unpaired) electrons. The molecule has 1 N–H and O–H groups in total. The lowest BCUT2D eigenvalue weighted by atomic mass is 10.1. The van der Waals surface area contributed by atoms with Gasteiger partial charge in [-0.1, -0.05) is 0 Å². The lowest BCUT2D eigenvalue weighted by Gasteiger charge is -2.27. The fourth-order valence-corrected chi connectivity index (χ4v) is 2.78. The number of likely N-dealkylation sites (N-methyl/N-ethyl adjacent to an activating group) is 1. The monoisotopic (exact) mass is 276 g/mol. The van der Waals surface area contributed by atoms with E-state index in [-0.39, 0.29) is 5.91 Å². The minimum Gasteiger partial charge on any atom is -0.383 e. The number of carbonyl (C=O) groups is 1. The highest BCUT2D eigenvalue weighted by atomic mass is 16.2. The van der Waals surface area contributed by atoms with Gasteiger partial charge >= 0.3 is 0 Å². The summed E-state index contributed by atoms with van der Waals surface area (Å²) in [5.74, 6) is 0.118. The SMILES string of the molecule is CCNc1cnccc1C(=O)N1CCCC1CN(C)C. The Hall–Kier alpha value is -1.62. The number of anilines is 1. The Kier molecular flexibility index (Phi) is 4.95. The van der Waals surface area contributed by atoms with E-state index in [2.05, 4.69) is 29.3 Å². The van der Waals surface area contributed by atoms with E-state index < -0.39 is 0 Å². The van der Waals surface area contributed by atoms with Crippen LogP contribution in [0, 0.1) is 0 Å². The average molecular weight is 276 g/mol. The maximum atomic E-state index is 12.8. The highest BCUT2D eigenvalue weighted by Crippen LogP contribution is 2.23. The van der Waals surface area contributed by atoms with Crippen molar-refractivity contribution in [3.8, 4) is 0 Å². The maximum absolute atomic E-state index is 12.8. The zero-order valence-corrected chi connectivity index (χ0v) is 12.6. The second-order valence-corrected chi connectivity index (χ2v) is 5.51. The van der Waals surface area contributed by atoms with Crippen molar-refractivity contribution >= 4 is 11.6 Å². The standard InChI is InChI=1S/C15H24N4O/c1-4-17-14-10-16-8-7-13(14)15(20)19-9-5-6-12(19)11-18(2)3/h7-8,10,12,17H,4-6,9,11H2,1-3H3. The predicted octanol–water partition coefficient (Wildman–Crippen LogP) is 1.68. The molecule has 1 amide bonds. The van der Waals surface area contributed by atoms with Crippen molar-refractivity contribution in [3.63, 3.8) is 0 Å². The predicted molar refractivity (Wildman–Crippen MR) is 81.0 cm³/mol. The van der Waals surface area contributed by atoms with E-state index in [1.165, 1.54) is 0 Å². The van der Waals surface area contributed by atoms with Crippen molar-refractivity contribution in [2.24, 2.45) is 0 Å². The normalized spacial score (nSPS) is 18.6. The van der Waals surface area contributed by atoms with Gasteiger partial charge in [-0.3, -0.25) is 9.78 Å². The highest BCUT2D eigenvalue weighted by Gasteiger charge is 2.30. The summed E-state index contributed by atoms with van der Waals surface area (Å²) in [6, 6.07) is 2.13. The van der Waals surface area contributed by atoms with Gasteiger partial charge in [-0.25, -0.2) is 0 Å². The van der Waals surface area contributed by atoms with Gasteiger partial charge in [-0.15, -0.1) is 0 Å². The smallest absolute Gasteiger partial charge is 0.256 e. The molecule has 0 aromatic carbocycles. The third kappa shape index (κ3) is 3.28. The number of amides is 1. The van der Waals surface area contributed by atoms with Gasteiger partial charge in [-0.2, -0.15) is 0 Å². The van der Waals surface area contributed by atoms with E-state index in [1.807, 2.05) is 17.9 Å². The zero-order valence-electron chi connectivity index (χ0n) is 12.6. The molecule has 20 heavy (non-hydrogen) atoms. The lowest BCUT2D eigenvalue weighted by molar-refractivity contribution is 0.0717. The van der Waals surface area contributed by atoms with Gasteiger partial charge < -0.3 is 15.1 Å². The molecule has 1 fully saturated rings. The molecule has 2 rings (SSSR count). The van der Waals surface area contributed by atoms with Crippen LogP contribution in [-0.2, 0) is 0 Å². The molecular formula is C15H24N4O. The van der Waals surface area contributed by atoms with Crippen molar-refractivity contribution in [3.05, 3.63) is 24.0 Å². The second kappa shape index (κ2) is 6.70. The van der Waals surface area contributed by atoms with E-state index >= 15 is 0 Å². The third-order valence-electron chi connectivity index (χ3n) is 3.63. The van der Waals surface area contributed by atoms with Crippen molar-refractivity contribution < 1.29 is 4.79 Å². The summed E-state index contributed by atoms with van der Waals surface area (Å²) in [5, 5.41) is 3.22. The summed E-state index contributed by atoms with van der Waals surface area (Å²) in [6.07, 6.45) is 5.59. The molecule has 110 valence electrons. The molecule has 1 atom stereocenters. The van der Waals surface area contributed by atoms with Crippen LogP contribution in [0.4, 0.5) is 5.69 Å². The van der Waals surface area contributed by atoms with E-state index in [0.717, 1.165) is 43.7 Å². The number of hydrogen-bond donors (Lipinski definition) is 1. The van der Waals surface area contributed by atoms with Crippen molar-refractivity contribution in [2.75, 3.05) is 39.0 Å². The lowest BCUT2D eigenvalue weighted by Crippen LogP contribution is -2.41. The highest BCUT2D eigenvalue weighted by molar-refractivity contribution is 5.99. The molecule has 5 nitrogen and oxygen atoms in total. The number of likely N-dealkylation sites (tertiary alicyclic amines) is 1. The van der Waals surface area contributed by atoms with Gasteiger partial charge in [0.25, 0.3) is 5.91 Å². The molecule has 1 aromatic rings. The number of rotatable bonds is 5. The van der Waals surface area contributed by atoms with Crippen LogP contribution in [0.3, 0.4) is 0 Å². The van der Waals surface area contributed by atoms with Gasteiger partial charge in [0, 0.05) is 31.9 Å². The maximum Gasteiger partial charge on any atom is 0.256 e. The van der Waals surface area contributed by atoms with Gasteiger partial charge in [0.1, 0.15) is 0 Å². The minimum absolute atomic E-state index is 0.118. The first kappa shape index (κ1) is 14.8. The number of hydrogen-bond acceptors (Lipinski definition) is 4. The van der Waals surface area contributed by atoms with Crippen LogP contribution < -0.4 is 5.32 Å². The summed E-state index contributed by atoms with van der Waals surface area (Å²) < 4.78 is 0. The molecular weight excluding hydrogens is 252 g/mol. The number of pyridine rings is 1. The topological polar surface area (TPSA) is 48.5 Å². The molecule has 5 heteroatoms. The molecule has 1 saturated heterocycles. The number of carbonyl (C=O) groups excluding carboxylic acids is 1. The summed E-state index contributed by atoms with van der Waals surface area (Å²) in [4.78, 5) is 21.0. The summed E-state index contributed by atoms with van der Waals surface area (Å²) in [7, 11) is 4.11. The van der Waals surface area contributed by atoms with E-state index in [1.54, 1.807) is 12.4 Å². The summed E-state index contributed by atoms with van der Waals surface area (Å²) in [6.45, 7) is 4.58. The minimum atomic E-state index is 0.118. The molecule has 1 unspecified atom stereocenters. The Morgan fingerprint density at radius 2 is 2.35 bits per heavy atom. The molecule has 0 aliphatic carbocycles. The van der Waals surface area contributed by atoms with Crippen LogP contribution in [0.2, 0.25) is 0 Å². The van der Waals surface area contributed by atoms with Crippen LogP contribution in [0.15, 0.2) is 18.5 Å². The van der Waals surface area contributed by atoms with E-state index in [0.29, 0.717) is 6.04 Å². The van der Waals surface area contributed by atoms with Crippen molar-refractivity contribution in [2.45, 2.75) is 25.8 Å². The van der Waals surface area contributed by atoms with Gasteiger partial charge in [0.2, 0.25) is 0 Å². The number of nitrogens with one attached hydrogen (secondary N) is 1. The van der Waals surface area contributed by atoms with Crippen molar-refractivity contribution in [1.29, 1.82) is 0 Å². The first-order valence-corrected chi connectivity index (χ1v) is 7.27. The Bertz CT molecular complexity index is 461. The van der Waals surface area contributed by atoms with E-state index in [4.69, 9.17) is 0 Å². The van der Waals surface area contributed by atoms with Gasteiger partial charge in [-0.05, 0) is 39.9 Å². The van der Waals surface area contributed by atoms with Crippen LogP contribution >= 0.6 is 0 Å². The zero-order chi connectivity index (χ0) is 14.5. The largest absolute Gasteiger partial charge is 0.383 e. The first-order chi connectivity index (χ1) is 9.63. The van der Waals surface area contributed by atoms with Gasteiger partial charge in [0.05, 0.1) is 17.4 Å². The summed E-state index contributed by atoms with van der Waals surface area (Å²) in [5.41, 5.74) is 1.56. The van der Waals surface area contributed by atoms with Crippen LogP contribution in [-0.4, -0.2) is 60.5 Å².